The van der Waals surface area contributed by atoms with Gasteiger partial charge in [-0.15, -0.1) is 0 Å². The van der Waals surface area contributed by atoms with Crippen molar-refractivity contribution in [2.45, 2.75) is 121 Å². The molecule has 2 aromatic rings. The van der Waals surface area contributed by atoms with Crippen LogP contribution in [0.2, 0.25) is 0 Å². The molecular formula is C38H56N2O4S. The van der Waals surface area contributed by atoms with Gasteiger partial charge in [-0.1, -0.05) is 74.3 Å². The normalized spacial score (nSPS) is 30.1. The highest BCUT2D eigenvalue weighted by atomic mass is 32.2. The Balaban J connectivity index is 1.29. The van der Waals surface area contributed by atoms with Gasteiger partial charge in [0.05, 0.1) is 16.6 Å². The summed E-state index contributed by atoms with van der Waals surface area (Å²) in [7, 11) is 0.123. The molecule has 0 saturated heterocycles. The molecule has 0 aromatic heterocycles. The van der Waals surface area contributed by atoms with Crippen LogP contribution in [0.3, 0.4) is 0 Å². The Hall–Kier alpha value is -2.19. The summed E-state index contributed by atoms with van der Waals surface area (Å²) in [6.45, 7) is 8.76. The molecule has 0 unspecified atom stereocenters. The van der Waals surface area contributed by atoms with E-state index in [9.17, 15) is 18.6 Å². The van der Waals surface area contributed by atoms with Gasteiger partial charge in [-0.3, -0.25) is 0 Å². The third kappa shape index (κ3) is 7.69. The third-order valence-corrected chi connectivity index (χ3v) is 12.8. The number of hydrogen-bond acceptors (Lipinski definition) is 5. The van der Waals surface area contributed by atoms with E-state index in [1.165, 1.54) is 37.7 Å². The predicted molar refractivity (Wildman–Crippen MR) is 186 cm³/mol. The van der Waals surface area contributed by atoms with Crippen LogP contribution in [0.4, 0.5) is 5.69 Å². The van der Waals surface area contributed by atoms with Crippen LogP contribution in [0, 0.1) is 23.2 Å². The van der Waals surface area contributed by atoms with Gasteiger partial charge in [0, 0.05) is 36.6 Å². The molecular weight excluding hydrogens is 580 g/mol. The molecule has 3 N–H and O–H groups in total. The van der Waals surface area contributed by atoms with E-state index in [0.717, 1.165) is 35.9 Å². The molecule has 248 valence electrons. The molecule has 45 heavy (non-hydrogen) atoms. The molecule has 3 aliphatic carbocycles. The van der Waals surface area contributed by atoms with Gasteiger partial charge in [-0.25, -0.2) is 13.1 Å². The number of hydrogen-bond donors (Lipinski definition) is 3. The van der Waals surface area contributed by atoms with Crippen LogP contribution in [0.25, 0.3) is 10.8 Å². The number of nitrogens with zero attached hydrogens (tertiary/aromatic N) is 1. The van der Waals surface area contributed by atoms with Crippen LogP contribution in [0.1, 0.15) is 98.3 Å². The second-order valence-electron chi connectivity index (χ2n) is 15.5. The first-order valence-electron chi connectivity index (χ1n) is 17.2. The van der Waals surface area contributed by atoms with Crippen molar-refractivity contribution in [1.82, 2.24) is 4.72 Å². The highest BCUT2D eigenvalue weighted by molar-refractivity contribution is 7.89. The highest BCUT2D eigenvalue weighted by Gasteiger charge is 2.50. The van der Waals surface area contributed by atoms with Crippen LogP contribution in [-0.2, 0) is 10.0 Å². The summed E-state index contributed by atoms with van der Waals surface area (Å²) in [5.74, 6) is 1.95. The fourth-order valence-electron chi connectivity index (χ4n) is 9.09. The van der Waals surface area contributed by atoms with E-state index >= 15 is 0 Å². The minimum atomic E-state index is -3.80. The lowest BCUT2D eigenvalue weighted by Gasteiger charge is -2.44. The van der Waals surface area contributed by atoms with Gasteiger partial charge in [0.2, 0.25) is 10.0 Å². The molecule has 5 rings (SSSR count). The maximum atomic E-state index is 13.7. The minimum absolute atomic E-state index is 0.281. The summed E-state index contributed by atoms with van der Waals surface area (Å²) in [5, 5.41) is 22.6. The summed E-state index contributed by atoms with van der Waals surface area (Å²) >= 11 is 0. The Bertz CT molecular complexity index is 1520. The van der Waals surface area contributed by atoms with Crippen molar-refractivity contribution in [3.8, 4) is 0 Å². The van der Waals surface area contributed by atoms with Crippen molar-refractivity contribution >= 4 is 26.5 Å². The summed E-state index contributed by atoms with van der Waals surface area (Å²) < 4.78 is 30.4. The summed E-state index contributed by atoms with van der Waals surface area (Å²) in [5.41, 5.74) is 3.35. The number of sulfonamides is 1. The zero-order valence-electron chi connectivity index (χ0n) is 28.4. The molecule has 0 bridgehead atoms. The van der Waals surface area contributed by atoms with E-state index in [1.807, 2.05) is 57.1 Å². The van der Waals surface area contributed by atoms with Crippen LogP contribution in [0.5, 0.6) is 0 Å². The summed E-state index contributed by atoms with van der Waals surface area (Å²) in [6.07, 6.45) is 14.8. The lowest BCUT2D eigenvalue weighted by atomic mass is 9.60. The van der Waals surface area contributed by atoms with Crippen molar-refractivity contribution in [2.75, 3.05) is 19.0 Å². The fourth-order valence-corrected chi connectivity index (χ4v) is 10.6. The number of anilines is 1. The van der Waals surface area contributed by atoms with E-state index in [4.69, 9.17) is 0 Å². The first kappa shape index (κ1) is 34.2. The standard InChI is InChI=1S/C38H56N2O4S/c1-26(11-9-21-37(2,3)42)33-19-20-34-28(12-10-22-38(33,34)4)18-17-27-23-29(25-30(41)24-27)39-45(43,44)36-16-8-13-31-32(36)14-7-15-35(31)40(5)6/h7-8,13-18,26,29-30,33-34,39,41-42H,9-12,19-25H2,1-6H3/b27-17+,28-18+/t26-,29-,30-,33-,34+,38-/m1/s1. The van der Waals surface area contributed by atoms with Crippen LogP contribution in [-0.4, -0.2) is 50.5 Å². The van der Waals surface area contributed by atoms with Gasteiger partial charge < -0.3 is 15.1 Å². The third-order valence-electron chi connectivity index (χ3n) is 11.2. The monoisotopic (exact) mass is 636 g/mol. The molecule has 0 amide bonds. The number of rotatable bonds is 10. The van der Waals surface area contributed by atoms with Gasteiger partial charge >= 0.3 is 0 Å². The zero-order chi connectivity index (χ0) is 32.6. The van der Waals surface area contributed by atoms with Crippen LogP contribution >= 0.6 is 0 Å². The second kappa shape index (κ2) is 13.5. The van der Waals surface area contributed by atoms with Crippen LogP contribution in [0.15, 0.2) is 64.6 Å². The molecule has 0 aliphatic heterocycles. The Labute approximate surface area is 272 Å². The topological polar surface area (TPSA) is 89.9 Å². The number of fused-ring (bicyclic) bond motifs is 2. The first-order valence-corrected chi connectivity index (χ1v) is 18.7. The average molecular weight is 637 g/mol. The Morgan fingerprint density at radius 1 is 1.09 bits per heavy atom. The summed E-state index contributed by atoms with van der Waals surface area (Å²) in [4.78, 5) is 2.28. The molecule has 0 spiro atoms. The molecule has 3 aliphatic rings. The van der Waals surface area contributed by atoms with Gasteiger partial charge in [0.15, 0.2) is 0 Å². The van der Waals surface area contributed by atoms with E-state index in [1.54, 1.807) is 12.1 Å². The maximum absolute atomic E-state index is 13.7. The number of allylic oxidation sites excluding steroid dienone is 3. The maximum Gasteiger partial charge on any atom is 0.241 e. The van der Waals surface area contributed by atoms with E-state index in [-0.39, 0.29) is 10.9 Å². The van der Waals surface area contributed by atoms with Gasteiger partial charge in [-0.05, 0) is 107 Å². The molecule has 3 saturated carbocycles. The largest absolute Gasteiger partial charge is 0.393 e. The van der Waals surface area contributed by atoms with Gasteiger partial charge in [0.1, 0.15) is 0 Å². The van der Waals surface area contributed by atoms with E-state index in [0.29, 0.717) is 47.8 Å². The summed E-state index contributed by atoms with van der Waals surface area (Å²) in [6, 6.07) is 10.9. The molecule has 2 aromatic carbocycles. The molecule has 3 fully saturated rings. The van der Waals surface area contributed by atoms with Crippen molar-refractivity contribution in [1.29, 1.82) is 0 Å². The predicted octanol–water partition coefficient (Wildman–Crippen LogP) is 7.74. The Morgan fingerprint density at radius 3 is 2.56 bits per heavy atom. The van der Waals surface area contributed by atoms with Gasteiger partial charge in [-0.2, -0.15) is 0 Å². The van der Waals surface area contributed by atoms with E-state index < -0.39 is 21.7 Å². The van der Waals surface area contributed by atoms with Gasteiger partial charge in [0.25, 0.3) is 0 Å². The molecule has 6 nitrogen and oxygen atoms in total. The molecule has 0 radical (unpaired) electrons. The lowest BCUT2D eigenvalue weighted by molar-refractivity contribution is 0.0596. The molecule has 7 heteroatoms. The Morgan fingerprint density at radius 2 is 1.82 bits per heavy atom. The Kier molecular flexibility index (Phi) is 10.2. The smallest absolute Gasteiger partial charge is 0.241 e. The lowest BCUT2D eigenvalue weighted by Crippen LogP contribution is -2.40. The zero-order valence-corrected chi connectivity index (χ0v) is 29.2. The fraction of sp³-hybridized carbons (Fsp3) is 0.632. The second-order valence-corrected chi connectivity index (χ2v) is 17.2. The van der Waals surface area contributed by atoms with Crippen LogP contribution < -0.4 is 9.62 Å². The SMILES string of the molecule is C[C@H](CCCC(C)(C)O)[C@H]1CC[C@H]2/C(=C/C=C3/C[C@@H](O)C[C@H](NS(=O)(=O)c4cccc5c(N(C)C)cccc45)C3)CCC[C@]12C. The number of aliphatic hydroxyl groups excluding tert-OH is 1. The number of benzene rings is 2. The minimum Gasteiger partial charge on any atom is -0.393 e. The van der Waals surface area contributed by atoms with Crippen molar-refractivity contribution < 1.29 is 18.6 Å². The molecule has 0 heterocycles. The molecule has 6 atom stereocenters. The highest BCUT2D eigenvalue weighted by Crippen LogP contribution is 2.60. The van der Waals surface area contributed by atoms with E-state index in [2.05, 4.69) is 30.7 Å². The van der Waals surface area contributed by atoms with Crippen molar-refractivity contribution in [3.63, 3.8) is 0 Å². The van der Waals surface area contributed by atoms with Crippen molar-refractivity contribution in [3.05, 3.63) is 59.7 Å². The first-order chi connectivity index (χ1) is 21.2. The quantitative estimate of drug-likeness (QED) is 0.248. The average Bonchev–Trinajstić information content (AvgIpc) is 3.31. The number of nitrogens with one attached hydrogen (secondary N) is 1. The van der Waals surface area contributed by atoms with Crippen molar-refractivity contribution in [2.24, 2.45) is 23.2 Å². The number of aliphatic hydroxyl groups is 2.